The number of rotatable bonds is 7. The zero-order chi connectivity index (χ0) is 11.8. The van der Waals surface area contributed by atoms with E-state index in [2.05, 4.69) is 10.3 Å². The number of methoxy groups -OCH3 is 2. The van der Waals surface area contributed by atoms with Crippen molar-refractivity contribution >= 4 is 5.82 Å². The first-order valence-corrected chi connectivity index (χ1v) is 5.20. The highest BCUT2D eigenvalue weighted by Gasteiger charge is 2.06. The highest BCUT2D eigenvalue weighted by Crippen LogP contribution is 2.06. The maximum Gasteiger partial charge on any atom is 0.126 e. The normalized spacial score (nSPS) is 12.4. The molecule has 1 aromatic rings. The molecule has 1 atom stereocenters. The maximum atomic E-state index is 5.55. The molecular weight excluding hydrogens is 206 g/mol. The molecule has 1 rings (SSSR count). The van der Waals surface area contributed by atoms with Crippen LogP contribution in [0.25, 0.3) is 0 Å². The van der Waals surface area contributed by atoms with Gasteiger partial charge in [-0.05, 0) is 17.7 Å². The van der Waals surface area contributed by atoms with Crippen LogP contribution in [-0.2, 0) is 16.0 Å². The van der Waals surface area contributed by atoms with Gasteiger partial charge in [-0.3, -0.25) is 0 Å². The Balaban J connectivity index is 2.46. The summed E-state index contributed by atoms with van der Waals surface area (Å²) < 4.78 is 10.3. The largest absolute Gasteiger partial charge is 0.382 e. The number of anilines is 1. The van der Waals surface area contributed by atoms with Gasteiger partial charge < -0.3 is 20.5 Å². The molecule has 0 saturated heterocycles. The first kappa shape index (κ1) is 12.9. The van der Waals surface area contributed by atoms with Crippen molar-refractivity contribution in [2.24, 2.45) is 5.73 Å². The van der Waals surface area contributed by atoms with Crippen molar-refractivity contribution in [2.75, 3.05) is 32.7 Å². The molecule has 0 fully saturated rings. The standard InChI is InChI=1S/C11H19N3O2/c1-15-8-10(16-2)7-14-11-5-9(6-12)3-4-13-11/h3-5,10H,6-8,12H2,1-2H3,(H,13,14). The van der Waals surface area contributed by atoms with E-state index in [-0.39, 0.29) is 6.10 Å². The van der Waals surface area contributed by atoms with Gasteiger partial charge in [0.05, 0.1) is 12.7 Å². The first-order chi connectivity index (χ1) is 7.80. The molecule has 5 nitrogen and oxygen atoms in total. The molecule has 0 spiro atoms. The van der Waals surface area contributed by atoms with Crippen molar-refractivity contribution in [2.45, 2.75) is 12.6 Å². The van der Waals surface area contributed by atoms with E-state index in [4.69, 9.17) is 15.2 Å². The van der Waals surface area contributed by atoms with Crippen molar-refractivity contribution in [3.63, 3.8) is 0 Å². The van der Waals surface area contributed by atoms with Crippen molar-refractivity contribution in [1.82, 2.24) is 4.98 Å². The number of nitrogens with two attached hydrogens (primary N) is 1. The lowest BCUT2D eigenvalue weighted by atomic mass is 10.2. The quantitative estimate of drug-likeness (QED) is 0.711. The Bertz CT molecular complexity index is 307. The minimum atomic E-state index is 0.0216. The highest BCUT2D eigenvalue weighted by molar-refractivity contribution is 5.37. The van der Waals surface area contributed by atoms with E-state index in [1.807, 2.05) is 12.1 Å². The lowest BCUT2D eigenvalue weighted by Crippen LogP contribution is -2.26. The second kappa shape index (κ2) is 7.16. The van der Waals surface area contributed by atoms with Gasteiger partial charge in [0.1, 0.15) is 5.82 Å². The average Bonchev–Trinajstić information content (AvgIpc) is 2.34. The van der Waals surface area contributed by atoms with Crippen LogP contribution < -0.4 is 11.1 Å². The van der Waals surface area contributed by atoms with E-state index in [0.717, 1.165) is 11.4 Å². The summed E-state index contributed by atoms with van der Waals surface area (Å²) in [4.78, 5) is 4.19. The van der Waals surface area contributed by atoms with Crippen LogP contribution in [0, 0.1) is 0 Å². The van der Waals surface area contributed by atoms with E-state index in [9.17, 15) is 0 Å². The van der Waals surface area contributed by atoms with Crippen LogP contribution in [0.15, 0.2) is 18.3 Å². The van der Waals surface area contributed by atoms with Gasteiger partial charge in [0.15, 0.2) is 0 Å². The van der Waals surface area contributed by atoms with E-state index < -0.39 is 0 Å². The summed E-state index contributed by atoms with van der Waals surface area (Å²) >= 11 is 0. The third-order valence-electron chi connectivity index (χ3n) is 2.26. The molecule has 1 heterocycles. The van der Waals surface area contributed by atoms with Crippen molar-refractivity contribution < 1.29 is 9.47 Å². The van der Waals surface area contributed by atoms with Gasteiger partial charge in [0, 0.05) is 33.5 Å². The molecule has 0 aliphatic heterocycles. The third-order valence-corrected chi connectivity index (χ3v) is 2.26. The average molecular weight is 225 g/mol. The van der Waals surface area contributed by atoms with Crippen LogP contribution in [0.3, 0.4) is 0 Å². The van der Waals surface area contributed by atoms with E-state index in [1.165, 1.54) is 0 Å². The summed E-state index contributed by atoms with van der Waals surface area (Å²) in [7, 11) is 3.31. The fraction of sp³-hybridized carbons (Fsp3) is 0.545. The number of nitrogens with one attached hydrogen (secondary N) is 1. The van der Waals surface area contributed by atoms with Gasteiger partial charge in [-0.15, -0.1) is 0 Å². The topological polar surface area (TPSA) is 69.4 Å². The predicted molar refractivity (Wildman–Crippen MR) is 63.3 cm³/mol. The molecule has 90 valence electrons. The lowest BCUT2D eigenvalue weighted by Gasteiger charge is -2.15. The van der Waals surface area contributed by atoms with Crippen LogP contribution >= 0.6 is 0 Å². The molecule has 0 radical (unpaired) electrons. The Morgan fingerprint density at radius 1 is 1.50 bits per heavy atom. The molecule has 16 heavy (non-hydrogen) atoms. The summed E-state index contributed by atoms with van der Waals surface area (Å²) in [6.45, 7) is 1.73. The zero-order valence-corrected chi connectivity index (χ0v) is 9.77. The summed E-state index contributed by atoms with van der Waals surface area (Å²) in [6, 6.07) is 3.83. The second-order valence-corrected chi connectivity index (χ2v) is 3.45. The zero-order valence-electron chi connectivity index (χ0n) is 9.77. The fourth-order valence-electron chi connectivity index (χ4n) is 1.31. The molecule has 0 aliphatic rings. The maximum absolute atomic E-state index is 5.55. The minimum Gasteiger partial charge on any atom is -0.382 e. The van der Waals surface area contributed by atoms with Crippen molar-refractivity contribution in [3.05, 3.63) is 23.9 Å². The summed E-state index contributed by atoms with van der Waals surface area (Å²) in [5, 5.41) is 3.18. The van der Waals surface area contributed by atoms with Crippen molar-refractivity contribution in [3.8, 4) is 0 Å². The van der Waals surface area contributed by atoms with Gasteiger partial charge in [0.25, 0.3) is 0 Å². The third kappa shape index (κ3) is 4.14. The molecule has 5 heteroatoms. The smallest absolute Gasteiger partial charge is 0.126 e. The summed E-state index contributed by atoms with van der Waals surface area (Å²) in [5.41, 5.74) is 6.60. The van der Waals surface area contributed by atoms with E-state index >= 15 is 0 Å². The van der Waals surface area contributed by atoms with Crippen LogP contribution in [0.5, 0.6) is 0 Å². The molecule has 3 N–H and O–H groups in total. The molecule has 0 saturated carbocycles. The second-order valence-electron chi connectivity index (χ2n) is 3.45. The van der Waals surface area contributed by atoms with Gasteiger partial charge in [-0.1, -0.05) is 0 Å². The van der Waals surface area contributed by atoms with Crippen LogP contribution in [0.4, 0.5) is 5.82 Å². The number of pyridine rings is 1. The number of nitrogens with zero attached hydrogens (tertiary/aromatic N) is 1. The Morgan fingerprint density at radius 2 is 2.31 bits per heavy atom. The molecule has 0 aliphatic carbocycles. The highest BCUT2D eigenvalue weighted by atomic mass is 16.5. The van der Waals surface area contributed by atoms with E-state index in [1.54, 1.807) is 20.4 Å². The van der Waals surface area contributed by atoms with Gasteiger partial charge in [-0.2, -0.15) is 0 Å². The van der Waals surface area contributed by atoms with Crippen LogP contribution in [0.2, 0.25) is 0 Å². The van der Waals surface area contributed by atoms with Gasteiger partial charge in [0.2, 0.25) is 0 Å². The first-order valence-electron chi connectivity index (χ1n) is 5.20. The molecule has 0 amide bonds. The molecule has 0 aromatic carbocycles. The number of aromatic nitrogens is 1. The number of hydrogen-bond acceptors (Lipinski definition) is 5. The lowest BCUT2D eigenvalue weighted by molar-refractivity contribution is 0.0365. The summed E-state index contributed by atoms with van der Waals surface area (Å²) in [5.74, 6) is 0.807. The molecule has 1 aromatic heterocycles. The van der Waals surface area contributed by atoms with Crippen LogP contribution in [-0.4, -0.2) is 38.5 Å². The summed E-state index contributed by atoms with van der Waals surface area (Å²) in [6.07, 6.45) is 1.76. The number of ether oxygens (including phenoxy) is 2. The Labute approximate surface area is 96.0 Å². The molecular formula is C11H19N3O2. The van der Waals surface area contributed by atoms with Crippen LogP contribution in [0.1, 0.15) is 5.56 Å². The Kier molecular flexibility index (Phi) is 5.77. The number of hydrogen-bond donors (Lipinski definition) is 2. The van der Waals surface area contributed by atoms with Gasteiger partial charge >= 0.3 is 0 Å². The fourth-order valence-corrected chi connectivity index (χ4v) is 1.31. The van der Waals surface area contributed by atoms with E-state index in [0.29, 0.717) is 19.7 Å². The minimum absolute atomic E-state index is 0.0216. The molecule has 0 bridgehead atoms. The predicted octanol–water partition coefficient (Wildman–Crippen LogP) is 0.614. The van der Waals surface area contributed by atoms with Gasteiger partial charge in [-0.25, -0.2) is 4.98 Å². The Morgan fingerprint density at radius 3 is 2.94 bits per heavy atom. The molecule has 1 unspecified atom stereocenters. The Hall–Kier alpha value is -1.17. The SMILES string of the molecule is COCC(CNc1cc(CN)ccn1)OC. The van der Waals surface area contributed by atoms with Crippen molar-refractivity contribution in [1.29, 1.82) is 0 Å². The monoisotopic (exact) mass is 225 g/mol.